The summed E-state index contributed by atoms with van der Waals surface area (Å²) in [6.07, 6.45) is 0. The maximum atomic E-state index is 12.8. The Hall–Kier alpha value is -2.93. The van der Waals surface area contributed by atoms with E-state index in [1.807, 2.05) is 81.1 Å². The topological polar surface area (TPSA) is 64.7 Å². The van der Waals surface area contributed by atoms with Crippen molar-refractivity contribution in [1.82, 2.24) is 10.2 Å². The van der Waals surface area contributed by atoms with E-state index >= 15 is 0 Å². The molecule has 1 heterocycles. The number of carbonyl (C=O) groups excluding carboxylic acids is 2. The summed E-state index contributed by atoms with van der Waals surface area (Å²) in [5.74, 6) is -0.0251. The molecule has 0 atom stereocenters. The summed E-state index contributed by atoms with van der Waals surface area (Å²) in [5.41, 5.74) is 3.20. The van der Waals surface area contributed by atoms with Crippen LogP contribution in [0.5, 0.6) is 0 Å². The first kappa shape index (κ1) is 22.7. The van der Waals surface area contributed by atoms with Crippen LogP contribution < -0.4 is 15.5 Å². The molecule has 0 radical (unpaired) electrons. The summed E-state index contributed by atoms with van der Waals surface area (Å²) in [6, 6.07) is 15.7. The molecule has 1 saturated heterocycles. The van der Waals surface area contributed by atoms with Crippen LogP contribution in [0.4, 0.5) is 11.4 Å². The van der Waals surface area contributed by atoms with E-state index in [1.54, 1.807) is 0 Å². The van der Waals surface area contributed by atoms with Gasteiger partial charge < -0.3 is 20.4 Å². The number of nitrogens with one attached hydrogen (secondary N) is 2. The minimum atomic E-state index is -0.502. The second-order valence-electron chi connectivity index (χ2n) is 8.80. The van der Waals surface area contributed by atoms with E-state index in [2.05, 4.69) is 15.5 Å². The zero-order valence-electron chi connectivity index (χ0n) is 18.6. The van der Waals surface area contributed by atoms with E-state index in [1.165, 1.54) is 0 Å². The van der Waals surface area contributed by atoms with Gasteiger partial charge in [-0.3, -0.25) is 9.59 Å². The van der Waals surface area contributed by atoms with Crippen molar-refractivity contribution < 1.29 is 9.59 Å². The number of anilines is 2. The molecule has 7 heteroatoms. The SMILES string of the molecule is Cc1ccccc1C(=O)N1CCN(c2ccc(NC(=S)NC(=O)C(C)(C)C)cc2)CC1. The van der Waals surface area contributed by atoms with Gasteiger partial charge in [-0.1, -0.05) is 39.0 Å². The molecule has 1 aliphatic rings. The van der Waals surface area contributed by atoms with Crippen LogP contribution in [-0.4, -0.2) is 48.0 Å². The molecule has 0 saturated carbocycles. The largest absolute Gasteiger partial charge is 0.368 e. The Kier molecular flexibility index (Phi) is 6.95. The smallest absolute Gasteiger partial charge is 0.254 e. The van der Waals surface area contributed by atoms with E-state index in [-0.39, 0.29) is 16.9 Å². The Morgan fingerprint density at radius 3 is 2.13 bits per heavy atom. The van der Waals surface area contributed by atoms with Crippen LogP contribution in [-0.2, 0) is 4.79 Å². The molecule has 0 spiro atoms. The first-order valence-electron chi connectivity index (χ1n) is 10.5. The first-order valence-corrected chi connectivity index (χ1v) is 10.9. The van der Waals surface area contributed by atoms with Gasteiger partial charge in [0.1, 0.15) is 0 Å². The predicted molar refractivity (Wildman–Crippen MR) is 130 cm³/mol. The van der Waals surface area contributed by atoms with Crippen LogP contribution in [0.2, 0.25) is 0 Å². The van der Waals surface area contributed by atoms with Crippen LogP contribution in [0.3, 0.4) is 0 Å². The minimum Gasteiger partial charge on any atom is -0.368 e. The fraction of sp³-hybridized carbons (Fsp3) is 0.375. The van der Waals surface area contributed by atoms with Gasteiger partial charge in [-0.15, -0.1) is 0 Å². The molecule has 2 N–H and O–H groups in total. The third-order valence-electron chi connectivity index (χ3n) is 5.34. The van der Waals surface area contributed by atoms with E-state index in [0.29, 0.717) is 13.1 Å². The second kappa shape index (κ2) is 9.47. The second-order valence-corrected chi connectivity index (χ2v) is 9.21. The van der Waals surface area contributed by atoms with Gasteiger partial charge in [-0.05, 0) is 55.0 Å². The van der Waals surface area contributed by atoms with Gasteiger partial charge >= 0.3 is 0 Å². The number of nitrogens with zero attached hydrogens (tertiary/aromatic N) is 2. The lowest BCUT2D eigenvalue weighted by molar-refractivity contribution is -0.126. The van der Waals surface area contributed by atoms with Crippen LogP contribution in [0.15, 0.2) is 48.5 Å². The number of aryl methyl sites for hydroxylation is 1. The molecule has 3 rings (SSSR count). The van der Waals surface area contributed by atoms with Crippen molar-refractivity contribution >= 4 is 40.5 Å². The fourth-order valence-electron chi connectivity index (χ4n) is 3.36. The number of hydrogen-bond donors (Lipinski definition) is 2. The summed E-state index contributed by atoms with van der Waals surface area (Å²) in [5, 5.41) is 6.05. The van der Waals surface area contributed by atoms with Gasteiger partial charge in [0.15, 0.2) is 5.11 Å². The lowest BCUT2D eigenvalue weighted by Crippen LogP contribution is -2.48. The Labute approximate surface area is 189 Å². The Morgan fingerprint density at radius 2 is 1.55 bits per heavy atom. The molecule has 0 aromatic heterocycles. The lowest BCUT2D eigenvalue weighted by atomic mass is 9.96. The third-order valence-corrected chi connectivity index (χ3v) is 5.55. The molecular formula is C24H30N4O2S. The Bertz CT molecular complexity index is 958. The average molecular weight is 439 g/mol. The highest BCUT2D eigenvalue weighted by Crippen LogP contribution is 2.21. The molecule has 0 aliphatic carbocycles. The fourth-order valence-corrected chi connectivity index (χ4v) is 3.57. The van der Waals surface area contributed by atoms with E-state index in [4.69, 9.17) is 12.2 Å². The van der Waals surface area contributed by atoms with Gasteiger partial charge in [0.2, 0.25) is 5.91 Å². The zero-order chi connectivity index (χ0) is 22.6. The van der Waals surface area contributed by atoms with Crippen molar-refractivity contribution in [2.24, 2.45) is 5.41 Å². The summed E-state index contributed by atoms with van der Waals surface area (Å²) >= 11 is 5.23. The lowest BCUT2D eigenvalue weighted by Gasteiger charge is -2.36. The van der Waals surface area contributed by atoms with Gasteiger partial charge in [-0.2, -0.15) is 0 Å². The molecule has 1 fully saturated rings. The molecule has 0 unspecified atom stereocenters. The van der Waals surface area contributed by atoms with E-state index in [0.717, 1.165) is 35.6 Å². The van der Waals surface area contributed by atoms with Crippen molar-refractivity contribution in [3.05, 3.63) is 59.7 Å². The minimum absolute atomic E-state index is 0.100. The van der Waals surface area contributed by atoms with Crippen molar-refractivity contribution in [2.45, 2.75) is 27.7 Å². The standard InChI is InChI=1S/C24H30N4O2S/c1-17-7-5-6-8-20(17)21(29)28-15-13-27(14-16-28)19-11-9-18(10-12-19)25-23(31)26-22(30)24(2,3)4/h5-12H,13-16H2,1-4H3,(H2,25,26,30,31). The zero-order valence-corrected chi connectivity index (χ0v) is 19.4. The van der Waals surface area contributed by atoms with E-state index < -0.39 is 5.41 Å². The normalized spacial score (nSPS) is 14.2. The van der Waals surface area contributed by atoms with Gasteiger partial charge in [0, 0.05) is 48.5 Å². The molecule has 6 nitrogen and oxygen atoms in total. The van der Waals surface area contributed by atoms with Crippen molar-refractivity contribution in [3.8, 4) is 0 Å². The van der Waals surface area contributed by atoms with Crippen LogP contribution in [0.1, 0.15) is 36.7 Å². The molecule has 0 bridgehead atoms. The molecule has 2 aromatic rings. The molecule has 2 aromatic carbocycles. The van der Waals surface area contributed by atoms with Gasteiger partial charge in [0.25, 0.3) is 5.91 Å². The number of carbonyl (C=O) groups is 2. The summed E-state index contributed by atoms with van der Waals surface area (Å²) in [6.45, 7) is 10.4. The molecule has 31 heavy (non-hydrogen) atoms. The van der Waals surface area contributed by atoms with E-state index in [9.17, 15) is 9.59 Å². The quantitative estimate of drug-likeness (QED) is 0.714. The third kappa shape index (κ3) is 5.82. The van der Waals surface area contributed by atoms with Crippen LogP contribution in [0, 0.1) is 12.3 Å². The van der Waals surface area contributed by atoms with Crippen molar-refractivity contribution in [2.75, 3.05) is 36.4 Å². The van der Waals surface area contributed by atoms with Crippen molar-refractivity contribution in [3.63, 3.8) is 0 Å². The molecule has 2 amide bonds. The summed E-state index contributed by atoms with van der Waals surface area (Å²) < 4.78 is 0. The maximum Gasteiger partial charge on any atom is 0.254 e. The monoisotopic (exact) mass is 438 g/mol. The first-order chi connectivity index (χ1) is 14.6. The molecule has 164 valence electrons. The summed E-state index contributed by atoms with van der Waals surface area (Å²) in [7, 11) is 0. The number of amides is 2. The van der Waals surface area contributed by atoms with Gasteiger partial charge in [0.05, 0.1) is 0 Å². The predicted octanol–water partition coefficient (Wildman–Crippen LogP) is 3.82. The average Bonchev–Trinajstić information content (AvgIpc) is 2.73. The summed E-state index contributed by atoms with van der Waals surface area (Å²) in [4.78, 5) is 29.0. The van der Waals surface area contributed by atoms with Crippen LogP contribution >= 0.6 is 12.2 Å². The molecular weight excluding hydrogens is 408 g/mol. The maximum absolute atomic E-state index is 12.8. The Morgan fingerprint density at radius 1 is 0.935 bits per heavy atom. The molecule has 1 aliphatic heterocycles. The number of benzene rings is 2. The number of piperazine rings is 1. The number of rotatable bonds is 3. The van der Waals surface area contributed by atoms with Gasteiger partial charge in [-0.25, -0.2) is 0 Å². The number of thiocarbonyl (C=S) groups is 1. The highest BCUT2D eigenvalue weighted by Gasteiger charge is 2.24. The van der Waals surface area contributed by atoms with Crippen LogP contribution in [0.25, 0.3) is 0 Å². The highest BCUT2D eigenvalue weighted by atomic mass is 32.1. The highest BCUT2D eigenvalue weighted by molar-refractivity contribution is 7.80. The Balaban J connectivity index is 1.53. The number of hydrogen-bond acceptors (Lipinski definition) is 4. The van der Waals surface area contributed by atoms with Crippen molar-refractivity contribution in [1.29, 1.82) is 0 Å².